The molecule has 0 aliphatic heterocycles. The first-order valence-corrected chi connectivity index (χ1v) is 6.70. The Hall–Kier alpha value is -1.33. The summed E-state index contributed by atoms with van der Waals surface area (Å²) in [6.07, 6.45) is 4.27. The van der Waals surface area contributed by atoms with Crippen LogP contribution >= 0.6 is 11.8 Å². The zero-order valence-corrected chi connectivity index (χ0v) is 10.5. The van der Waals surface area contributed by atoms with Gasteiger partial charge in [-0.2, -0.15) is 4.98 Å². The smallest absolute Gasteiger partial charge is 0.227 e. The van der Waals surface area contributed by atoms with Gasteiger partial charge in [-0.05, 0) is 24.0 Å². The lowest BCUT2D eigenvalue weighted by Crippen LogP contribution is -2.16. The van der Waals surface area contributed by atoms with Crippen molar-refractivity contribution in [1.82, 2.24) is 15.5 Å². The van der Waals surface area contributed by atoms with E-state index in [0.29, 0.717) is 5.89 Å². The summed E-state index contributed by atoms with van der Waals surface area (Å²) in [4.78, 5) is 5.25. The zero-order valence-electron chi connectivity index (χ0n) is 9.72. The summed E-state index contributed by atoms with van der Waals surface area (Å²) in [6, 6.07) is 8.57. The van der Waals surface area contributed by atoms with E-state index in [4.69, 9.17) is 4.52 Å². The first-order chi connectivity index (χ1) is 8.38. The van der Waals surface area contributed by atoms with Gasteiger partial charge in [0, 0.05) is 24.4 Å². The Kier molecular flexibility index (Phi) is 4.58. The molecular formula is C12H15N3OS. The van der Waals surface area contributed by atoms with Gasteiger partial charge < -0.3 is 9.84 Å². The second-order valence-corrected chi connectivity index (χ2v) is 4.49. The van der Waals surface area contributed by atoms with Crippen LogP contribution in [0.2, 0.25) is 0 Å². The van der Waals surface area contributed by atoms with E-state index >= 15 is 0 Å². The summed E-state index contributed by atoms with van der Waals surface area (Å²) in [5, 5.41) is 6.90. The first kappa shape index (κ1) is 12.1. The van der Waals surface area contributed by atoms with Crippen molar-refractivity contribution in [3.63, 3.8) is 0 Å². The van der Waals surface area contributed by atoms with Crippen LogP contribution in [-0.4, -0.2) is 22.9 Å². The van der Waals surface area contributed by atoms with Crippen molar-refractivity contribution in [1.29, 1.82) is 0 Å². The normalized spacial score (nSPS) is 10.6. The molecule has 0 saturated heterocycles. The molecule has 1 N–H and O–H groups in total. The summed E-state index contributed by atoms with van der Waals surface area (Å²) in [5.74, 6) is 0.676. The van der Waals surface area contributed by atoms with Crippen molar-refractivity contribution >= 4 is 11.8 Å². The average molecular weight is 249 g/mol. The summed E-state index contributed by atoms with van der Waals surface area (Å²) < 4.78 is 4.91. The van der Waals surface area contributed by atoms with Crippen LogP contribution in [0, 0.1) is 0 Å². The minimum Gasteiger partial charge on any atom is -0.340 e. The van der Waals surface area contributed by atoms with Crippen LogP contribution in [-0.2, 0) is 13.0 Å². The monoisotopic (exact) mass is 249 g/mol. The molecule has 2 aromatic rings. The third-order valence-electron chi connectivity index (χ3n) is 2.41. The Morgan fingerprint density at radius 1 is 1.29 bits per heavy atom. The van der Waals surface area contributed by atoms with Crippen molar-refractivity contribution in [2.45, 2.75) is 17.9 Å². The zero-order chi connectivity index (χ0) is 11.9. The second-order valence-electron chi connectivity index (χ2n) is 3.61. The molecule has 1 heterocycles. The molecule has 0 bridgehead atoms. The van der Waals surface area contributed by atoms with Gasteiger partial charge in [0.25, 0.3) is 0 Å². The van der Waals surface area contributed by atoms with E-state index in [0.717, 1.165) is 19.5 Å². The molecule has 4 nitrogen and oxygen atoms in total. The van der Waals surface area contributed by atoms with E-state index in [1.165, 1.54) is 16.8 Å². The van der Waals surface area contributed by atoms with E-state index in [9.17, 15) is 0 Å². The average Bonchev–Trinajstić information content (AvgIpc) is 2.88. The van der Waals surface area contributed by atoms with Crippen LogP contribution in [0.25, 0.3) is 0 Å². The molecule has 0 aliphatic carbocycles. The van der Waals surface area contributed by atoms with Crippen LogP contribution in [0.1, 0.15) is 11.5 Å². The summed E-state index contributed by atoms with van der Waals surface area (Å²) in [7, 11) is 0. The number of hydrogen-bond acceptors (Lipinski definition) is 5. The number of nitrogens with one attached hydrogen (secondary N) is 1. The Bertz CT molecular complexity index is 428. The van der Waals surface area contributed by atoms with E-state index in [1.54, 1.807) is 11.8 Å². The van der Waals surface area contributed by atoms with Gasteiger partial charge in [0.05, 0.1) is 0 Å². The van der Waals surface area contributed by atoms with Crippen LogP contribution < -0.4 is 5.32 Å². The lowest BCUT2D eigenvalue weighted by molar-refractivity contribution is 0.375. The van der Waals surface area contributed by atoms with E-state index in [1.807, 2.05) is 0 Å². The van der Waals surface area contributed by atoms with Gasteiger partial charge in [-0.15, -0.1) is 11.8 Å². The fraction of sp³-hybridized carbons (Fsp3) is 0.333. The Morgan fingerprint density at radius 3 is 2.76 bits per heavy atom. The standard InChI is InChI=1S/C12H15N3OS/c1-17-11-4-2-10(3-5-11)8-13-7-6-12-14-9-15-16-12/h2-5,9,13H,6-8H2,1H3. The van der Waals surface area contributed by atoms with Crippen LogP contribution in [0.15, 0.2) is 40.0 Å². The third-order valence-corrected chi connectivity index (χ3v) is 3.15. The third kappa shape index (κ3) is 3.87. The molecule has 2 rings (SSSR count). The molecule has 17 heavy (non-hydrogen) atoms. The lowest BCUT2D eigenvalue weighted by Gasteiger charge is -2.04. The molecule has 1 aromatic heterocycles. The van der Waals surface area contributed by atoms with Crippen molar-refractivity contribution in [2.24, 2.45) is 0 Å². The molecule has 0 atom stereocenters. The van der Waals surface area contributed by atoms with E-state index in [-0.39, 0.29) is 0 Å². The minimum atomic E-state index is 0.676. The van der Waals surface area contributed by atoms with Crippen molar-refractivity contribution in [3.05, 3.63) is 42.0 Å². The summed E-state index contributed by atoms with van der Waals surface area (Å²) in [6.45, 7) is 1.70. The molecule has 0 aliphatic rings. The van der Waals surface area contributed by atoms with Crippen molar-refractivity contribution < 1.29 is 4.52 Å². The predicted molar refractivity (Wildman–Crippen MR) is 67.9 cm³/mol. The molecule has 0 unspecified atom stereocenters. The fourth-order valence-corrected chi connectivity index (χ4v) is 1.89. The highest BCUT2D eigenvalue weighted by molar-refractivity contribution is 7.98. The quantitative estimate of drug-likeness (QED) is 0.628. The highest BCUT2D eigenvalue weighted by atomic mass is 32.2. The number of nitrogens with zero attached hydrogens (tertiary/aromatic N) is 2. The highest BCUT2D eigenvalue weighted by Gasteiger charge is 1.98. The second kappa shape index (κ2) is 6.42. The lowest BCUT2D eigenvalue weighted by atomic mass is 10.2. The largest absolute Gasteiger partial charge is 0.340 e. The summed E-state index contributed by atoms with van der Waals surface area (Å²) >= 11 is 1.76. The molecule has 0 fully saturated rings. The van der Waals surface area contributed by atoms with Crippen LogP contribution in [0.4, 0.5) is 0 Å². The fourth-order valence-electron chi connectivity index (χ4n) is 1.48. The van der Waals surface area contributed by atoms with Gasteiger partial charge in [-0.3, -0.25) is 0 Å². The predicted octanol–water partition coefficient (Wildman–Crippen LogP) is 2.12. The molecule has 0 spiro atoms. The number of rotatable bonds is 6. The number of thioether (sulfide) groups is 1. The molecule has 90 valence electrons. The van der Waals surface area contributed by atoms with Gasteiger partial charge in [-0.1, -0.05) is 17.3 Å². The maximum atomic E-state index is 4.91. The van der Waals surface area contributed by atoms with Gasteiger partial charge in [0.2, 0.25) is 5.89 Å². The highest BCUT2D eigenvalue weighted by Crippen LogP contribution is 2.14. The van der Waals surface area contributed by atoms with Gasteiger partial charge >= 0.3 is 0 Å². The number of aromatic nitrogens is 2. The minimum absolute atomic E-state index is 0.676. The Labute approximate surface area is 105 Å². The topological polar surface area (TPSA) is 51.0 Å². The van der Waals surface area contributed by atoms with Crippen molar-refractivity contribution in [2.75, 3.05) is 12.8 Å². The molecular weight excluding hydrogens is 234 g/mol. The number of hydrogen-bond donors (Lipinski definition) is 1. The van der Waals surface area contributed by atoms with Crippen molar-refractivity contribution in [3.8, 4) is 0 Å². The summed E-state index contributed by atoms with van der Waals surface area (Å²) in [5.41, 5.74) is 1.29. The van der Waals surface area contributed by atoms with Gasteiger partial charge in [-0.25, -0.2) is 0 Å². The molecule has 0 amide bonds. The van der Waals surface area contributed by atoms with Crippen LogP contribution in [0.5, 0.6) is 0 Å². The molecule has 0 saturated carbocycles. The van der Waals surface area contributed by atoms with Gasteiger partial charge in [0.15, 0.2) is 6.33 Å². The molecule has 0 radical (unpaired) electrons. The van der Waals surface area contributed by atoms with Crippen LogP contribution in [0.3, 0.4) is 0 Å². The number of benzene rings is 1. The van der Waals surface area contributed by atoms with E-state index in [2.05, 4.69) is 46.0 Å². The molecule has 5 heteroatoms. The van der Waals surface area contributed by atoms with E-state index < -0.39 is 0 Å². The maximum Gasteiger partial charge on any atom is 0.227 e. The molecule has 1 aromatic carbocycles. The Balaban J connectivity index is 1.70. The first-order valence-electron chi connectivity index (χ1n) is 5.47. The maximum absolute atomic E-state index is 4.91. The SMILES string of the molecule is CSc1ccc(CNCCc2ncno2)cc1. The Morgan fingerprint density at radius 2 is 2.12 bits per heavy atom. The van der Waals surface area contributed by atoms with Gasteiger partial charge in [0.1, 0.15) is 0 Å².